The molecule has 3 nitrogen and oxygen atoms in total. The lowest BCUT2D eigenvalue weighted by Crippen LogP contribution is -2.27. The highest BCUT2D eigenvalue weighted by molar-refractivity contribution is 5.87. The molecule has 114 valence electrons. The number of aryl methyl sites for hydroxylation is 1. The van der Waals surface area contributed by atoms with Crippen LogP contribution in [0.25, 0.3) is 10.9 Å². The molecule has 0 N–H and O–H groups in total. The first kappa shape index (κ1) is 14.0. The molecule has 23 heavy (non-hydrogen) atoms. The molecule has 1 aliphatic rings. The lowest BCUT2D eigenvalue weighted by atomic mass is 10.0. The zero-order valence-corrected chi connectivity index (χ0v) is 13.5. The zero-order chi connectivity index (χ0) is 15.8. The van der Waals surface area contributed by atoms with Crippen molar-refractivity contribution in [3.63, 3.8) is 0 Å². The van der Waals surface area contributed by atoms with Gasteiger partial charge in [-0.2, -0.15) is 0 Å². The number of nitrogens with zero attached hydrogens (tertiary/aromatic N) is 3. The van der Waals surface area contributed by atoms with Gasteiger partial charge in [-0.05, 0) is 49.7 Å². The third-order valence-electron chi connectivity index (χ3n) is 4.49. The maximum atomic E-state index is 4.05. The molecule has 4 rings (SSSR count). The summed E-state index contributed by atoms with van der Waals surface area (Å²) in [5, 5.41) is 1.34. The van der Waals surface area contributed by atoms with Crippen LogP contribution in [0, 0.1) is 18.9 Å². The van der Waals surface area contributed by atoms with Crippen molar-refractivity contribution in [2.45, 2.75) is 19.9 Å². The van der Waals surface area contributed by atoms with Gasteiger partial charge in [0.15, 0.2) is 0 Å². The Morgan fingerprint density at radius 3 is 2.78 bits per heavy atom. The summed E-state index contributed by atoms with van der Waals surface area (Å²) in [7, 11) is 2.19. The molecule has 0 spiro atoms. The first-order chi connectivity index (χ1) is 11.2. The lowest BCUT2D eigenvalue weighted by Gasteiger charge is -2.23. The fourth-order valence-electron chi connectivity index (χ4n) is 3.29. The lowest BCUT2D eigenvalue weighted by molar-refractivity contribution is 0.311. The fraction of sp³-hybridized carbons (Fsp3) is 0.250. The highest BCUT2D eigenvalue weighted by atomic mass is 15.1. The summed E-state index contributed by atoms with van der Waals surface area (Å²) >= 11 is 0. The first-order valence-corrected chi connectivity index (χ1v) is 7.96. The third-order valence-corrected chi connectivity index (χ3v) is 4.49. The predicted octanol–water partition coefficient (Wildman–Crippen LogP) is 3.19. The number of pyridine rings is 1. The summed E-state index contributed by atoms with van der Waals surface area (Å²) in [6.07, 6.45) is 4.61. The van der Waals surface area contributed by atoms with Gasteiger partial charge in [0.05, 0.1) is 5.52 Å². The quantitative estimate of drug-likeness (QED) is 0.595. The number of aromatic nitrogens is 2. The molecule has 0 saturated heterocycles. The average molecular weight is 301 g/mol. The van der Waals surface area contributed by atoms with Crippen LogP contribution in [-0.2, 0) is 13.0 Å². The molecule has 0 aliphatic carbocycles. The molecule has 0 atom stereocenters. The smallest absolute Gasteiger partial charge is 0.0618 e. The Morgan fingerprint density at radius 1 is 1.13 bits per heavy atom. The predicted molar refractivity (Wildman–Crippen MR) is 93.2 cm³/mol. The van der Waals surface area contributed by atoms with E-state index in [4.69, 9.17) is 0 Å². The third kappa shape index (κ3) is 2.52. The Hall–Kier alpha value is -2.57. The van der Waals surface area contributed by atoms with E-state index in [0.29, 0.717) is 0 Å². The molecule has 0 saturated carbocycles. The average Bonchev–Trinajstić information content (AvgIpc) is 2.86. The molecule has 0 amide bonds. The van der Waals surface area contributed by atoms with Crippen molar-refractivity contribution in [3.8, 4) is 12.0 Å². The van der Waals surface area contributed by atoms with Crippen LogP contribution in [0.15, 0.2) is 42.7 Å². The van der Waals surface area contributed by atoms with E-state index in [0.717, 1.165) is 25.1 Å². The molecular formula is C20H19N3. The zero-order valence-electron chi connectivity index (χ0n) is 13.5. The summed E-state index contributed by atoms with van der Waals surface area (Å²) in [6.45, 7) is 4.23. The van der Waals surface area contributed by atoms with Gasteiger partial charge in [0.1, 0.15) is 0 Å². The van der Waals surface area contributed by atoms with E-state index in [1.807, 2.05) is 12.1 Å². The summed E-state index contributed by atoms with van der Waals surface area (Å²) < 4.78 is 2.19. The van der Waals surface area contributed by atoms with E-state index < -0.39 is 0 Å². The second-order valence-corrected chi connectivity index (χ2v) is 6.24. The van der Waals surface area contributed by atoms with Crippen molar-refractivity contribution >= 4 is 10.9 Å². The maximum Gasteiger partial charge on any atom is 0.0618 e. The molecule has 3 aromatic rings. The number of hydrogen-bond acceptors (Lipinski definition) is 2. The Kier molecular flexibility index (Phi) is 3.40. The summed E-state index contributed by atoms with van der Waals surface area (Å²) in [5.41, 5.74) is 6.31. The Bertz CT molecular complexity index is 926. The number of rotatable bonds is 0. The van der Waals surface area contributed by atoms with Gasteiger partial charge in [0.2, 0.25) is 0 Å². The number of benzene rings is 1. The van der Waals surface area contributed by atoms with E-state index in [1.54, 1.807) is 12.4 Å². The monoisotopic (exact) mass is 301 g/mol. The molecule has 0 bridgehead atoms. The minimum Gasteiger partial charge on any atom is -0.302 e. The molecule has 0 fully saturated rings. The summed E-state index contributed by atoms with van der Waals surface area (Å²) in [5.74, 6) is 3.27. The normalized spacial score (nSPS) is 14.3. The van der Waals surface area contributed by atoms with Gasteiger partial charge in [0, 0.05) is 54.6 Å². The SMILES string of the molecule is Cc1ccc2c(c1)c1c(n2C#Cc2ccncc2)CCN(C)C1. The minimum atomic E-state index is 0.996. The van der Waals surface area contributed by atoms with Crippen LogP contribution in [-0.4, -0.2) is 28.0 Å². The van der Waals surface area contributed by atoms with Crippen LogP contribution >= 0.6 is 0 Å². The number of fused-ring (bicyclic) bond motifs is 3. The van der Waals surface area contributed by atoms with E-state index in [-0.39, 0.29) is 0 Å². The molecular weight excluding hydrogens is 282 g/mol. The van der Waals surface area contributed by atoms with Crippen LogP contribution in [0.2, 0.25) is 0 Å². The van der Waals surface area contributed by atoms with Crippen LogP contribution in [0.5, 0.6) is 0 Å². The molecule has 0 radical (unpaired) electrons. The van der Waals surface area contributed by atoms with Crippen molar-refractivity contribution in [1.82, 2.24) is 14.5 Å². The number of hydrogen-bond donors (Lipinski definition) is 0. The Morgan fingerprint density at radius 2 is 1.96 bits per heavy atom. The second-order valence-electron chi connectivity index (χ2n) is 6.24. The van der Waals surface area contributed by atoms with E-state index >= 15 is 0 Å². The Labute approximate surface area is 136 Å². The van der Waals surface area contributed by atoms with E-state index in [9.17, 15) is 0 Å². The van der Waals surface area contributed by atoms with Crippen LogP contribution in [0.4, 0.5) is 0 Å². The number of likely N-dealkylation sites (N-methyl/N-ethyl adjacent to an activating group) is 1. The van der Waals surface area contributed by atoms with Crippen LogP contribution in [0.1, 0.15) is 22.4 Å². The second kappa shape index (κ2) is 5.57. The largest absolute Gasteiger partial charge is 0.302 e. The molecule has 1 aromatic carbocycles. The Balaban J connectivity index is 1.91. The van der Waals surface area contributed by atoms with Crippen molar-refractivity contribution in [3.05, 3.63) is 65.1 Å². The molecule has 1 aliphatic heterocycles. The molecule has 0 unspecified atom stereocenters. The van der Waals surface area contributed by atoms with Gasteiger partial charge < -0.3 is 4.90 Å². The maximum absolute atomic E-state index is 4.05. The van der Waals surface area contributed by atoms with Gasteiger partial charge in [-0.3, -0.25) is 9.55 Å². The van der Waals surface area contributed by atoms with Crippen molar-refractivity contribution < 1.29 is 0 Å². The molecule has 3 heteroatoms. The van der Waals surface area contributed by atoms with Gasteiger partial charge >= 0.3 is 0 Å². The van der Waals surface area contributed by atoms with Crippen molar-refractivity contribution in [2.24, 2.45) is 0 Å². The fourth-order valence-corrected chi connectivity index (χ4v) is 3.29. The molecule has 2 aromatic heterocycles. The molecule has 3 heterocycles. The minimum absolute atomic E-state index is 0.996. The van der Waals surface area contributed by atoms with E-state index in [2.05, 4.69) is 58.6 Å². The van der Waals surface area contributed by atoms with Gasteiger partial charge in [-0.1, -0.05) is 11.6 Å². The van der Waals surface area contributed by atoms with E-state index in [1.165, 1.54) is 27.7 Å². The van der Waals surface area contributed by atoms with Crippen molar-refractivity contribution in [2.75, 3.05) is 13.6 Å². The van der Waals surface area contributed by atoms with Crippen LogP contribution < -0.4 is 0 Å². The topological polar surface area (TPSA) is 21.1 Å². The summed E-state index contributed by atoms with van der Waals surface area (Å²) in [4.78, 5) is 6.43. The summed E-state index contributed by atoms with van der Waals surface area (Å²) in [6, 6.07) is 13.9. The standard InChI is InChI=1S/C20H19N3/c1-15-3-4-19-17(13-15)18-14-22(2)11-8-20(18)23(19)12-7-16-5-9-21-10-6-16/h3-6,9-10,13H,8,11,14H2,1-2H3. The van der Waals surface area contributed by atoms with Crippen molar-refractivity contribution in [1.29, 1.82) is 0 Å². The van der Waals surface area contributed by atoms with Gasteiger partial charge in [-0.25, -0.2) is 0 Å². The van der Waals surface area contributed by atoms with Gasteiger partial charge in [0.25, 0.3) is 0 Å². The highest BCUT2D eigenvalue weighted by Crippen LogP contribution is 2.30. The van der Waals surface area contributed by atoms with Gasteiger partial charge in [-0.15, -0.1) is 0 Å². The first-order valence-electron chi connectivity index (χ1n) is 7.96. The highest BCUT2D eigenvalue weighted by Gasteiger charge is 2.21. The van der Waals surface area contributed by atoms with Crippen LogP contribution in [0.3, 0.4) is 0 Å².